The molecule has 0 aliphatic heterocycles. The van der Waals surface area contributed by atoms with E-state index < -0.39 is 11.7 Å². The number of hydrogen-bond acceptors (Lipinski definition) is 2. The van der Waals surface area contributed by atoms with Gasteiger partial charge in [-0.15, -0.1) is 0 Å². The van der Waals surface area contributed by atoms with Crippen LogP contribution in [0.1, 0.15) is 24.2 Å². The summed E-state index contributed by atoms with van der Waals surface area (Å²) in [5.41, 5.74) is -0.503. The zero-order chi connectivity index (χ0) is 12.8. The Kier molecular flexibility index (Phi) is 2.90. The number of nitrogens with one attached hydrogen (secondary N) is 1. The molecular formula is C10H13ClF3N3. The maximum absolute atomic E-state index is 12.7. The first kappa shape index (κ1) is 12.7. The molecule has 1 N–H and O–H groups in total. The van der Waals surface area contributed by atoms with Crippen molar-refractivity contribution in [2.24, 2.45) is 7.05 Å². The minimum absolute atomic E-state index is 0.0791. The number of hydrogen-bond donors (Lipinski definition) is 1. The molecule has 0 aromatic carbocycles. The lowest BCUT2D eigenvalue weighted by Gasteiger charge is -2.20. The van der Waals surface area contributed by atoms with Gasteiger partial charge in [0.05, 0.1) is 16.4 Å². The number of aryl methyl sites for hydroxylation is 2. The van der Waals surface area contributed by atoms with Gasteiger partial charge < -0.3 is 0 Å². The van der Waals surface area contributed by atoms with Gasteiger partial charge in [-0.2, -0.15) is 18.3 Å². The monoisotopic (exact) mass is 267 g/mol. The van der Waals surface area contributed by atoms with E-state index in [0.29, 0.717) is 16.4 Å². The third-order valence-electron chi connectivity index (χ3n) is 3.15. The maximum atomic E-state index is 12.7. The van der Waals surface area contributed by atoms with Gasteiger partial charge in [0.1, 0.15) is 5.54 Å². The van der Waals surface area contributed by atoms with E-state index in [4.69, 9.17) is 11.6 Å². The van der Waals surface area contributed by atoms with E-state index in [1.807, 2.05) is 0 Å². The normalized spacial score (nSPS) is 18.5. The minimum Gasteiger partial charge on any atom is -0.298 e. The number of nitrogens with zero attached hydrogens (tertiary/aromatic N) is 2. The Hall–Kier alpha value is -0.750. The summed E-state index contributed by atoms with van der Waals surface area (Å²) in [6.07, 6.45) is -3.94. The quantitative estimate of drug-likeness (QED) is 0.912. The second-order valence-corrected chi connectivity index (χ2v) is 4.78. The molecular weight excluding hydrogens is 255 g/mol. The number of alkyl halides is 3. The zero-order valence-corrected chi connectivity index (χ0v) is 10.3. The fraction of sp³-hybridized carbons (Fsp3) is 0.700. The molecule has 0 spiro atoms. The molecule has 1 fully saturated rings. The smallest absolute Gasteiger partial charge is 0.298 e. The van der Waals surface area contributed by atoms with Gasteiger partial charge in [-0.3, -0.25) is 10.00 Å². The summed E-state index contributed by atoms with van der Waals surface area (Å²) in [5, 5.41) is 7.04. The molecule has 0 unspecified atom stereocenters. The number of aromatic nitrogens is 2. The Bertz CT molecular complexity index is 435. The molecule has 1 aliphatic rings. The molecule has 2 rings (SSSR count). The molecule has 0 bridgehead atoms. The van der Waals surface area contributed by atoms with Crippen molar-refractivity contribution in [2.75, 3.05) is 0 Å². The predicted octanol–water partition coefficient (Wildman–Crippen LogP) is 2.57. The van der Waals surface area contributed by atoms with Crippen LogP contribution in [0.25, 0.3) is 0 Å². The third-order valence-corrected chi connectivity index (χ3v) is 3.64. The Morgan fingerprint density at radius 2 is 2.06 bits per heavy atom. The first-order chi connectivity index (χ1) is 7.77. The Morgan fingerprint density at radius 1 is 1.47 bits per heavy atom. The minimum atomic E-state index is -4.20. The third kappa shape index (κ3) is 2.15. The topological polar surface area (TPSA) is 29.9 Å². The SMILES string of the molecule is Cc1nn(C)c(CNC2(C(F)(F)F)CC2)c1Cl. The van der Waals surface area contributed by atoms with Gasteiger partial charge in [0.2, 0.25) is 0 Å². The summed E-state index contributed by atoms with van der Waals surface area (Å²) in [7, 11) is 1.67. The van der Waals surface area contributed by atoms with Crippen LogP contribution in [-0.4, -0.2) is 21.5 Å². The van der Waals surface area contributed by atoms with Crippen molar-refractivity contribution in [1.29, 1.82) is 0 Å². The van der Waals surface area contributed by atoms with Crippen molar-refractivity contribution in [3.63, 3.8) is 0 Å². The molecule has 3 nitrogen and oxygen atoms in total. The predicted molar refractivity (Wildman–Crippen MR) is 57.8 cm³/mol. The summed E-state index contributed by atoms with van der Waals surface area (Å²) in [4.78, 5) is 0. The van der Waals surface area contributed by atoms with Crippen LogP contribution in [0.3, 0.4) is 0 Å². The van der Waals surface area contributed by atoms with Crippen molar-refractivity contribution < 1.29 is 13.2 Å². The van der Waals surface area contributed by atoms with Crippen LogP contribution in [0.5, 0.6) is 0 Å². The summed E-state index contributed by atoms with van der Waals surface area (Å²) in [6.45, 7) is 1.80. The molecule has 0 radical (unpaired) electrons. The lowest BCUT2D eigenvalue weighted by Crippen LogP contribution is -2.44. The fourth-order valence-electron chi connectivity index (χ4n) is 1.81. The Labute approximate surface area is 102 Å². The molecule has 0 amide bonds. The first-order valence-corrected chi connectivity index (χ1v) is 5.64. The standard InChI is InChI=1S/C10H13ClF3N3/c1-6-8(11)7(17(2)16-6)5-15-9(3-4-9)10(12,13)14/h15H,3-5H2,1-2H3. The van der Waals surface area contributed by atoms with Gasteiger partial charge in [-0.1, -0.05) is 11.6 Å². The zero-order valence-electron chi connectivity index (χ0n) is 9.53. The maximum Gasteiger partial charge on any atom is 0.406 e. The lowest BCUT2D eigenvalue weighted by atomic mass is 10.2. The molecule has 1 aromatic rings. The summed E-state index contributed by atoms with van der Waals surface area (Å²) < 4.78 is 39.6. The molecule has 17 heavy (non-hydrogen) atoms. The summed E-state index contributed by atoms with van der Waals surface area (Å²) >= 11 is 5.97. The highest BCUT2D eigenvalue weighted by molar-refractivity contribution is 6.31. The second-order valence-electron chi connectivity index (χ2n) is 4.40. The van der Waals surface area contributed by atoms with Crippen LogP contribution in [0, 0.1) is 6.92 Å². The number of halogens is 4. The second kappa shape index (κ2) is 3.88. The molecule has 1 aromatic heterocycles. The largest absolute Gasteiger partial charge is 0.406 e. The molecule has 1 saturated carbocycles. The molecule has 96 valence electrons. The van der Waals surface area contributed by atoms with Gasteiger partial charge in [0, 0.05) is 13.6 Å². The highest BCUT2D eigenvalue weighted by atomic mass is 35.5. The van der Waals surface area contributed by atoms with E-state index in [1.54, 1.807) is 14.0 Å². The van der Waals surface area contributed by atoms with E-state index in [0.717, 1.165) is 0 Å². The molecule has 7 heteroatoms. The first-order valence-electron chi connectivity index (χ1n) is 5.26. The van der Waals surface area contributed by atoms with Gasteiger partial charge in [0.15, 0.2) is 0 Å². The Morgan fingerprint density at radius 3 is 2.41 bits per heavy atom. The number of rotatable bonds is 3. The van der Waals surface area contributed by atoms with E-state index in [1.165, 1.54) is 4.68 Å². The molecule has 0 saturated heterocycles. The van der Waals surface area contributed by atoms with Crippen LogP contribution >= 0.6 is 11.6 Å². The van der Waals surface area contributed by atoms with Crippen molar-refractivity contribution in [3.8, 4) is 0 Å². The lowest BCUT2D eigenvalue weighted by molar-refractivity contribution is -0.166. The van der Waals surface area contributed by atoms with Gasteiger partial charge >= 0.3 is 6.18 Å². The molecule has 0 atom stereocenters. The van der Waals surface area contributed by atoms with Crippen molar-refractivity contribution >= 4 is 11.6 Å². The van der Waals surface area contributed by atoms with E-state index in [2.05, 4.69) is 10.4 Å². The average Bonchev–Trinajstić information content (AvgIpc) is 2.93. The van der Waals surface area contributed by atoms with Crippen LogP contribution in [0.4, 0.5) is 13.2 Å². The summed E-state index contributed by atoms with van der Waals surface area (Å²) in [5.74, 6) is 0. The van der Waals surface area contributed by atoms with Crippen molar-refractivity contribution in [2.45, 2.75) is 38.0 Å². The van der Waals surface area contributed by atoms with E-state index in [9.17, 15) is 13.2 Å². The fourth-order valence-corrected chi connectivity index (χ4v) is 2.04. The van der Waals surface area contributed by atoms with Crippen molar-refractivity contribution in [3.05, 3.63) is 16.4 Å². The highest BCUT2D eigenvalue weighted by Crippen LogP contribution is 2.49. The molecule has 1 aliphatic carbocycles. The van der Waals surface area contributed by atoms with Gasteiger partial charge in [0.25, 0.3) is 0 Å². The highest BCUT2D eigenvalue weighted by Gasteiger charge is 2.63. The van der Waals surface area contributed by atoms with E-state index in [-0.39, 0.29) is 19.4 Å². The van der Waals surface area contributed by atoms with Crippen LogP contribution in [0.15, 0.2) is 0 Å². The van der Waals surface area contributed by atoms with Crippen LogP contribution in [0.2, 0.25) is 5.02 Å². The van der Waals surface area contributed by atoms with E-state index >= 15 is 0 Å². The van der Waals surface area contributed by atoms with Gasteiger partial charge in [-0.25, -0.2) is 0 Å². The summed E-state index contributed by atoms with van der Waals surface area (Å²) in [6, 6.07) is 0. The van der Waals surface area contributed by atoms with Crippen LogP contribution < -0.4 is 5.32 Å². The average molecular weight is 268 g/mol. The Balaban J connectivity index is 2.09. The van der Waals surface area contributed by atoms with Gasteiger partial charge in [-0.05, 0) is 19.8 Å². The molecule has 1 heterocycles. The van der Waals surface area contributed by atoms with Crippen molar-refractivity contribution in [1.82, 2.24) is 15.1 Å². The van der Waals surface area contributed by atoms with Crippen LogP contribution in [-0.2, 0) is 13.6 Å².